The molecule has 0 aromatic carbocycles. The topological polar surface area (TPSA) is 29.5 Å². The minimum atomic E-state index is -0.352. The van der Waals surface area contributed by atoms with Gasteiger partial charge in [0.2, 0.25) is 0 Å². The van der Waals surface area contributed by atoms with Gasteiger partial charge in [-0.15, -0.1) is 6.42 Å². The summed E-state index contributed by atoms with van der Waals surface area (Å²) in [4.78, 5) is 0. The molecule has 4 heteroatoms. The van der Waals surface area contributed by atoms with Gasteiger partial charge >= 0.3 is 0 Å². The highest BCUT2D eigenvalue weighted by molar-refractivity contribution is 8.76. The van der Waals surface area contributed by atoms with Gasteiger partial charge in [0.1, 0.15) is 6.61 Å². The highest BCUT2D eigenvalue weighted by atomic mass is 33.1. The molecule has 0 aromatic rings. The number of terminal acetylenes is 1. The minimum absolute atomic E-state index is 0.0719. The molecule has 2 atom stereocenters. The Bertz CT molecular complexity index is 155. The van der Waals surface area contributed by atoms with E-state index in [1.54, 1.807) is 21.6 Å². The zero-order chi connectivity index (χ0) is 8.10. The lowest BCUT2D eigenvalue weighted by Crippen LogP contribution is -2.35. The van der Waals surface area contributed by atoms with Crippen molar-refractivity contribution in [2.75, 3.05) is 18.1 Å². The average Bonchev–Trinajstić information content (AvgIpc) is 2.03. The van der Waals surface area contributed by atoms with Crippen LogP contribution in [0.2, 0.25) is 0 Å². The number of hydrogen-bond donors (Lipinski definition) is 1. The summed E-state index contributed by atoms with van der Waals surface area (Å²) in [5, 5.41) is 9.37. The fraction of sp³-hybridized carbons (Fsp3) is 0.714. The van der Waals surface area contributed by atoms with Crippen LogP contribution in [-0.2, 0) is 4.74 Å². The highest BCUT2D eigenvalue weighted by Gasteiger charge is 2.24. The van der Waals surface area contributed by atoms with E-state index < -0.39 is 0 Å². The number of rotatable bonds is 2. The Morgan fingerprint density at radius 2 is 2.27 bits per heavy atom. The van der Waals surface area contributed by atoms with Crippen LogP contribution in [0, 0.1) is 12.3 Å². The summed E-state index contributed by atoms with van der Waals surface area (Å²) in [6.45, 7) is 0.299. The largest absolute Gasteiger partial charge is 0.389 e. The summed E-state index contributed by atoms with van der Waals surface area (Å²) in [5.74, 6) is 3.95. The van der Waals surface area contributed by atoms with E-state index >= 15 is 0 Å². The van der Waals surface area contributed by atoms with Gasteiger partial charge in [-0.2, -0.15) is 0 Å². The van der Waals surface area contributed by atoms with Crippen LogP contribution in [0.25, 0.3) is 0 Å². The maximum Gasteiger partial charge on any atom is 0.108 e. The van der Waals surface area contributed by atoms with Crippen molar-refractivity contribution in [1.82, 2.24) is 0 Å². The maximum atomic E-state index is 9.37. The number of hydrogen-bond acceptors (Lipinski definition) is 4. The molecule has 1 fully saturated rings. The van der Waals surface area contributed by atoms with Gasteiger partial charge in [-0.1, -0.05) is 27.5 Å². The summed E-state index contributed by atoms with van der Waals surface area (Å²) in [6.07, 6.45) is 4.60. The van der Waals surface area contributed by atoms with Crippen molar-refractivity contribution >= 4 is 21.6 Å². The molecular formula is C7H10O2S2. The van der Waals surface area contributed by atoms with Gasteiger partial charge in [0, 0.05) is 11.5 Å². The number of ether oxygens (including phenoxy) is 1. The third-order valence-corrected chi connectivity index (χ3v) is 3.79. The Hall–Kier alpha value is 0.180. The first-order valence-corrected chi connectivity index (χ1v) is 5.81. The molecule has 2 nitrogen and oxygen atoms in total. The van der Waals surface area contributed by atoms with Gasteiger partial charge in [0.05, 0.1) is 12.2 Å². The zero-order valence-electron chi connectivity index (χ0n) is 6.03. The highest BCUT2D eigenvalue weighted by Crippen LogP contribution is 2.30. The van der Waals surface area contributed by atoms with E-state index in [1.807, 2.05) is 0 Å². The average molecular weight is 190 g/mol. The predicted molar refractivity (Wildman–Crippen MR) is 49.5 cm³/mol. The second-order valence-electron chi connectivity index (χ2n) is 2.19. The predicted octanol–water partition coefficient (Wildman–Crippen LogP) is 0.761. The monoisotopic (exact) mass is 190 g/mol. The Balaban J connectivity index is 2.25. The van der Waals surface area contributed by atoms with Crippen LogP contribution in [0.4, 0.5) is 0 Å². The van der Waals surface area contributed by atoms with Crippen molar-refractivity contribution in [2.24, 2.45) is 0 Å². The second-order valence-corrected chi connectivity index (χ2v) is 4.74. The lowest BCUT2D eigenvalue weighted by atomic mass is 10.2. The normalized spacial score (nSPS) is 31.3. The van der Waals surface area contributed by atoms with Crippen molar-refractivity contribution in [2.45, 2.75) is 12.2 Å². The Morgan fingerprint density at radius 1 is 1.55 bits per heavy atom. The Labute approximate surface area is 74.5 Å². The van der Waals surface area contributed by atoms with Crippen LogP contribution in [0.3, 0.4) is 0 Å². The van der Waals surface area contributed by atoms with E-state index in [9.17, 15) is 5.11 Å². The summed E-state index contributed by atoms with van der Waals surface area (Å²) < 4.78 is 5.22. The maximum absolute atomic E-state index is 9.37. The standard InChI is InChI=1S/C7H10O2S2/c1-2-3-9-7-5-11-10-4-6(7)8/h1,6-8H,3-5H2/t6-,7-/m1/s1. The third-order valence-electron chi connectivity index (χ3n) is 1.36. The minimum Gasteiger partial charge on any atom is -0.389 e. The van der Waals surface area contributed by atoms with Crippen LogP contribution in [-0.4, -0.2) is 35.4 Å². The fourth-order valence-electron chi connectivity index (χ4n) is 0.766. The van der Waals surface area contributed by atoms with Gasteiger partial charge in [-0.3, -0.25) is 0 Å². The van der Waals surface area contributed by atoms with Crippen LogP contribution >= 0.6 is 21.6 Å². The molecule has 1 aliphatic heterocycles. The van der Waals surface area contributed by atoms with Gasteiger partial charge in [0.15, 0.2) is 0 Å². The first kappa shape index (κ1) is 9.27. The summed E-state index contributed by atoms with van der Waals surface area (Å²) in [7, 11) is 3.40. The van der Waals surface area contributed by atoms with Crippen molar-refractivity contribution in [3.63, 3.8) is 0 Å². The molecule has 0 spiro atoms. The van der Waals surface area contributed by atoms with Crippen molar-refractivity contribution in [1.29, 1.82) is 0 Å². The molecule has 0 unspecified atom stereocenters. The van der Waals surface area contributed by atoms with E-state index in [0.29, 0.717) is 6.61 Å². The SMILES string of the molecule is C#CCO[C@@H]1CSSC[C@H]1O. The molecule has 0 aliphatic carbocycles. The van der Waals surface area contributed by atoms with Gasteiger partial charge in [0.25, 0.3) is 0 Å². The molecule has 11 heavy (non-hydrogen) atoms. The molecule has 1 rings (SSSR count). The van der Waals surface area contributed by atoms with E-state index in [1.165, 1.54) is 0 Å². The smallest absolute Gasteiger partial charge is 0.108 e. The number of aliphatic hydroxyl groups is 1. The molecule has 0 saturated carbocycles. The first-order chi connectivity index (χ1) is 5.34. The lowest BCUT2D eigenvalue weighted by molar-refractivity contribution is 0.000827. The van der Waals surface area contributed by atoms with Crippen LogP contribution < -0.4 is 0 Å². The summed E-state index contributed by atoms with van der Waals surface area (Å²) >= 11 is 0. The zero-order valence-corrected chi connectivity index (χ0v) is 7.66. The summed E-state index contributed by atoms with van der Waals surface area (Å²) in [5.41, 5.74) is 0. The van der Waals surface area contributed by atoms with Crippen molar-refractivity contribution in [3.05, 3.63) is 0 Å². The van der Waals surface area contributed by atoms with Gasteiger partial charge < -0.3 is 9.84 Å². The van der Waals surface area contributed by atoms with E-state index in [0.717, 1.165) is 11.5 Å². The quantitative estimate of drug-likeness (QED) is 0.514. The third kappa shape index (κ3) is 2.96. The van der Waals surface area contributed by atoms with Crippen LogP contribution in [0.15, 0.2) is 0 Å². The molecular weight excluding hydrogens is 180 g/mol. The second kappa shape index (κ2) is 4.94. The molecule has 0 amide bonds. The molecule has 0 aromatic heterocycles. The Morgan fingerprint density at radius 3 is 2.91 bits per heavy atom. The summed E-state index contributed by atoms with van der Waals surface area (Å²) in [6, 6.07) is 0. The molecule has 1 heterocycles. The van der Waals surface area contributed by atoms with Crippen LogP contribution in [0.5, 0.6) is 0 Å². The van der Waals surface area contributed by atoms with E-state index in [2.05, 4.69) is 5.92 Å². The molecule has 1 N–H and O–H groups in total. The molecule has 1 aliphatic rings. The first-order valence-electron chi connectivity index (χ1n) is 3.32. The van der Waals surface area contributed by atoms with Crippen molar-refractivity contribution in [3.8, 4) is 12.3 Å². The van der Waals surface area contributed by atoms with E-state index in [-0.39, 0.29) is 12.2 Å². The fourth-order valence-corrected chi connectivity index (χ4v) is 3.16. The van der Waals surface area contributed by atoms with Gasteiger partial charge in [-0.05, 0) is 0 Å². The van der Waals surface area contributed by atoms with E-state index in [4.69, 9.17) is 11.2 Å². The lowest BCUT2D eigenvalue weighted by Gasteiger charge is -2.25. The molecule has 0 bridgehead atoms. The van der Waals surface area contributed by atoms with Crippen LogP contribution in [0.1, 0.15) is 0 Å². The van der Waals surface area contributed by atoms with Gasteiger partial charge in [-0.25, -0.2) is 0 Å². The molecule has 0 radical (unpaired) electrons. The molecule has 1 saturated heterocycles. The molecule has 62 valence electrons. The Kier molecular flexibility index (Phi) is 4.16. The van der Waals surface area contributed by atoms with Crippen molar-refractivity contribution < 1.29 is 9.84 Å². The number of aliphatic hydroxyl groups excluding tert-OH is 1.